The van der Waals surface area contributed by atoms with Gasteiger partial charge < -0.3 is 5.11 Å². The second kappa shape index (κ2) is 3.65. The van der Waals surface area contributed by atoms with Gasteiger partial charge in [0.05, 0.1) is 5.92 Å². The third-order valence-corrected chi connectivity index (χ3v) is 3.25. The Morgan fingerprint density at radius 2 is 2.33 bits per heavy atom. The van der Waals surface area contributed by atoms with Crippen molar-refractivity contribution in [3.8, 4) is 0 Å². The molecule has 2 atom stereocenters. The summed E-state index contributed by atoms with van der Waals surface area (Å²) in [6.07, 6.45) is 1.40. The SMILES string of the molecule is CC(C(=O)O)C1CCc2c(F)cccc21. The summed E-state index contributed by atoms with van der Waals surface area (Å²) in [5.74, 6) is -1.48. The van der Waals surface area contributed by atoms with Crippen molar-refractivity contribution in [2.45, 2.75) is 25.7 Å². The Morgan fingerprint density at radius 3 is 3.00 bits per heavy atom. The molecular weight excluding hydrogens is 195 g/mol. The van der Waals surface area contributed by atoms with E-state index >= 15 is 0 Å². The van der Waals surface area contributed by atoms with Crippen LogP contribution in [0.5, 0.6) is 0 Å². The minimum Gasteiger partial charge on any atom is -0.481 e. The zero-order valence-corrected chi connectivity index (χ0v) is 8.53. The fourth-order valence-corrected chi connectivity index (χ4v) is 2.33. The Kier molecular flexibility index (Phi) is 2.47. The van der Waals surface area contributed by atoms with Crippen LogP contribution in [0.2, 0.25) is 0 Å². The number of hydrogen-bond donors (Lipinski definition) is 1. The molecule has 0 heterocycles. The van der Waals surface area contributed by atoms with E-state index in [1.807, 2.05) is 6.07 Å². The lowest BCUT2D eigenvalue weighted by atomic mass is 9.89. The smallest absolute Gasteiger partial charge is 0.306 e. The Balaban J connectivity index is 2.37. The van der Waals surface area contributed by atoms with Gasteiger partial charge in [0.15, 0.2) is 0 Å². The van der Waals surface area contributed by atoms with Gasteiger partial charge in [0, 0.05) is 0 Å². The molecule has 0 spiro atoms. The van der Waals surface area contributed by atoms with Crippen molar-refractivity contribution in [1.29, 1.82) is 0 Å². The average Bonchev–Trinajstić information content (AvgIpc) is 2.61. The van der Waals surface area contributed by atoms with Crippen molar-refractivity contribution in [3.05, 3.63) is 35.1 Å². The van der Waals surface area contributed by atoms with Crippen molar-refractivity contribution in [2.75, 3.05) is 0 Å². The van der Waals surface area contributed by atoms with Crippen molar-refractivity contribution in [1.82, 2.24) is 0 Å². The van der Waals surface area contributed by atoms with E-state index in [9.17, 15) is 9.18 Å². The Bertz CT molecular complexity index is 401. The van der Waals surface area contributed by atoms with Gasteiger partial charge in [-0.2, -0.15) is 0 Å². The van der Waals surface area contributed by atoms with Gasteiger partial charge in [0.1, 0.15) is 5.82 Å². The lowest BCUT2D eigenvalue weighted by molar-refractivity contribution is -0.141. The van der Waals surface area contributed by atoms with Crippen LogP contribution < -0.4 is 0 Å². The minimum absolute atomic E-state index is 0.0341. The molecule has 0 amide bonds. The zero-order chi connectivity index (χ0) is 11.0. The molecule has 15 heavy (non-hydrogen) atoms. The highest BCUT2D eigenvalue weighted by molar-refractivity contribution is 5.71. The summed E-state index contributed by atoms with van der Waals surface area (Å²) >= 11 is 0. The van der Waals surface area contributed by atoms with Crippen LogP contribution in [0.25, 0.3) is 0 Å². The molecule has 2 nitrogen and oxygen atoms in total. The summed E-state index contributed by atoms with van der Waals surface area (Å²) in [5, 5.41) is 8.94. The molecule has 0 aromatic heterocycles. The van der Waals surface area contributed by atoms with E-state index in [4.69, 9.17) is 5.11 Å². The van der Waals surface area contributed by atoms with E-state index < -0.39 is 11.9 Å². The van der Waals surface area contributed by atoms with Gasteiger partial charge in [0.2, 0.25) is 0 Å². The maximum Gasteiger partial charge on any atom is 0.306 e. The van der Waals surface area contributed by atoms with Crippen LogP contribution in [-0.4, -0.2) is 11.1 Å². The lowest BCUT2D eigenvalue weighted by Gasteiger charge is -2.15. The molecule has 1 aromatic rings. The predicted octanol–water partition coefficient (Wildman–Crippen LogP) is 2.58. The molecular formula is C12H13FO2. The van der Waals surface area contributed by atoms with Gasteiger partial charge in [-0.15, -0.1) is 0 Å². The summed E-state index contributed by atoms with van der Waals surface area (Å²) in [4.78, 5) is 10.9. The van der Waals surface area contributed by atoms with Crippen LogP contribution in [0.3, 0.4) is 0 Å². The number of carboxylic acids is 1. The summed E-state index contributed by atoms with van der Waals surface area (Å²) in [5.41, 5.74) is 1.58. The number of hydrogen-bond acceptors (Lipinski definition) is 1. The third kappa shape index (κ3) is 1.62. The molecule has 0 aliphatic heterocycles. The number of carboxylic acid groups (broad SMARTS) is 1. The lowest BCUT2D eigenvalue weighted by Crippen LogP contribution is -2.17. The van der Waals surface area contributed by atoms with Crippen LogP contribution in [0, 0.1) is 11.7 Å². The number of rotatable bonds is 2. The molecule has 0 saturated heterocycles. The third-order valence-electron chi connectivity index (χ3n) is 3.25. The maximum absolute atomic E-state index is 13.4. The first-order valence-corrected chi connectivity index (χ1v) is 5.11. The highest BCUT2D eigenvalue weighted by atomic mass is 19.1. The highest BCUT2D eigenvalue weighted by Gasteiger charge is 2.32. The highest BCUT2D eigenvalue weighted by Crippen LogP contribution is 2.39. The van der Waals surface area contributed by atoms with Gasteiger partial charge >= 0.3 is 5.97 Å². The van der Waals surface area contributed by atoms with Crippen molar-refractivity contribution < 1.29 is 14.3 Å². The van der Waals surface area contributed by atoms with E-state index in [0.717, 1.165) is 12.0 Å². The van der Waals surface area contributed by atoms with E-state index in [1.165, 1.54) is 6.07 Å². The summed E-state index contributed by atoms with van der Waals surface area (Å²) in [6, 6.07) is 4.93. The molecule has 0 radical (unpaired) electrons. The molecule has 2 unspecified atom stereocenters. The molecule has 1 aliphatic carbocycles. The molecule has 1 aliphatic rings. The van der Waals surface area contributed by atoms with E-state index in [1.54, 1.807) is 13.0 Å². The van der Waals surface area contributed by atoms with Gasteiger partial charge in [-0.05, 0) is 36.0 Å². The minimum atomic E-state index is -0.808. The number of carbonyl (C=O) groups is 1. The van der Waals surface area contributed by atoms with Crippen LogP contribution in [0.4, 0.5) is 4.39 Å². The zero-order valence-electron chi connectivity index (χ0n) is 8.53. The number of benzene rings is 1. The Labute approximate surface area is 87.7 Å². The summed E-state index contributed by atoms with van der Waals surface area (Å²) < 4.78 is 13.4. The summed E-state index contributed by atoms with van der Waals surface area (Å²) in [6.45, 7) is 1.69. The molecule has 2 rings (SSSR count). The normalized spacial score (nSPS) is 21.1. The van der Waals surface area contributed by atoms with Crippen molar-refractivity contribution in [3.63, 3.8) is 0 Å². The first-order valence-electron chi connectivity index (χ1n) is 5.11. The van der Waals surface area contributed by atoms with Crippen LogP contribution >= 0.6 is 0 Å². The van der Waals surface area contributed by atoms with Crippen molar-refractivity contribution in [2.24, 2.45) is 5.92 Å². The second-order valence-corrected chi connectivity index (χ2v) is 4.08. The Hall–Kier alpha value is -1.38. The monoisotopic (exact) mass is 208 g/mol. The standard InChI is InChI=1S/C12H13FO2/c1-7(12(14)15)8-5-6-10-9(8)3-2-4-11(10)13/h2-4,7-8H,5-6H2,1H3,(H,14,15). The fourth-order valence-electron chi connectivity index (χ4n) is 2.33. The molecule has 0 bridgehead atoms. The quantitative estimate of drug-likeness (QED) is 0.811. The van der Waals surface area contributed by atoms with E-state index in [2.05, 4.69) is 0 Å². The average molecular weight is 208 g/mol. The largest absolute Gasteiger partial charge is 0.481 e. The number of aliphatic carboxylic acids is 1. The predicted molar refractivity (Wildman–Crippen MR) is 54.3 cm³/mol. The first kappa shape index (κ1) is 10.1. The van der Waals surface area contributed by atoms with Crippen LogP contribution in [0.1, 0.15) is 30.4 Å². The first-order chi connectivity index (χ1) is 7.11. The van der Waals surface area contributed by atoms with Gasteiger partial charge in [-0.3, -0.25) is 4.79 Å². The van der Waals surface area contributed by atoms with Gasteiger partial charge in [0.25, 0.3) is 0 Å². The molecule has 0 saturated carbocycles. The molecule has 80 valence electrons. The van der Waals surface area contributed by atoms with Crippen molar-refractivity contribution >= 4 is 5.97 Å². The molecule has 0 fully saturated rings. The van der Waals surface area contributed by atoms with Crippen LogP contribution in [0.15, 0.2) is 18.2 Å². The van der Waals surface area contributed by atoms with Gasteiger partial charge in [-0.1, -0.05) is 19.1 Å². The maximum atomic E-state index is 13.4. The summed E-state index contributed by atoms with van der Waals surface area (Å²) in [7, 11) is 0. The molecule has 1 aromatic carbocycles. The van der Waals surface area contributed by atoms with E-state index in [0.29, 0.717) is 12.0 Å². The topological polar surface area (TPSA) is 37.3 Å². The number of halogens is 1. The van der Waals surface area contributed by atoms with Gasteiger partial charge in [-0.25, -0.2) is 4.39 Å². The second-order valence-electron chi connectivity index (χ2n) is 4.08. The molecule has 3 heteroatoms. The van der Waals surface area contributed by atoms with E-state index in [-0.39, 0.29) is 11.7 Å². The van der Waals surface area contributed by atoms with Crippen LogP contribution in [-0.2, 0) is 11.2 Å². The fraction of sp³-hybridized carbons (Fsp3) is 0.417. The number of fused-ring (bicyclic) bond motifs is 1. The Morgan fingerprint density at radius 1 is 1.60 bits per heavy atom. The molecule has 1 N–H and O–H groups in total.